The number of nitrogens with two attached hydrogens (primary N) is 2. The van der Waals surface area contributed by atoms with Gasteiger partial charge in [0.2, 0.25) is 0 Å². The van der Waals surface area contributed by atoms with Gasteiger partial charge in [-0.25, -0.2) is 0 Å². The number of rotatable bonds is 3. The van der Waals surface area contributed by atoms with E-state index < -0.39 is 7.12 Å². The van der Waals surface area contributed by atoms with Crippen LogP contribution < -0.4 is 11.5 Å². The normalized spacial score (nSPS) is 9.67. The minimum absolute atomic E-state index is 0.417. The van der Waals surface area contributed by atoms with Gasteiger partial charge in [0.1, 0.15) is 0 Å². The summed E-state index contributed by atoms with van der Waals surface area (Å²) in [5.41, 5.74) is 15.4. The number of halogens is 4. The number of nitrogen functional groups attached to an aromatic ring is 2. The van der Waals surface area contributed by atoms with Crippen molar-refractivity contribution in [1.29, 1.82) is 0 Å². The van der Waals surface area contributed by atoms with Crippen LogP contribution >= 0.6 is 55.1 Å². The summed E-state index contributed by atoms with van der Waals surface area (Å²) >= 11 is 18.1. The first-order chi connectivity index (χ1) is 12.6. The molecule has 2 rings (SSSR count). The molecule has 2 aromatic carbocycles. The fraction of sp³-hybridized carbons (Fsp3) is 0.333. The molecule has 0 fully saturated rings. The molecule has 0 aliphatic rings. The summed E-state index contributed by atoms with van der Waals surface area (Å²) in [7, 11) is -1.12. The van der Waals surface area contributed by atoms with Crippen LogP contribution in [0.2, 0.25) is 16.4 Å². The van der Waals surface area contributed by atoms with Crippen LogP contribution in [0.25, 0.3) is 0 Å². The monoisotopic (exact) mass is 540 g/mol. The lowest BCUT2D eigenvalue weighted by Crippen LogP contribution is -2.06. The third-order valence-electron chi connectivity index (χ3n) is 3.49. The van der Waals surface area contributed by atoms with Crippen molar-refractivity contribution in [3.05, 3.63) is 54.4 Å². The molecule has 0 saturated heterocycles. The van der Waals surface area contributed by atoms with Crippen LogP contribution in [-0.2, 0) is 12.8 Å². The average Bonchev–Trinajstić information content (AvgIpc) is 2.62. The summed E-state index contributed by atoms with van der Waals surface area (Å²) in [6, 6.07) is 7.38. The highest BCUT2D eigenvalue weighted by atomic mass is 79.9. The molecule has 150 valence electrons. The predicted molar refractivity (Wildman–Crippen MR) is 127 cm³/mol. The van der Waals surface area contributed by atoms with Gasteiger partial charge in [-0.15, -0.1) is 0 Å². The SMILES string of the molecule is CCB(O)O.CCc1cc(Cl)cc(CC)c1N.Nc1c(Br)cc(Cl)cc1Br. The molecule has 27 heavy (non-hydrogen) atoms. The summed E-state index contributed by atoms with van der Waals surface area (Å²) in [6.07, 6.45) is 2.30. The molecule has 0 spiro atoms. The summed E-state index contributed by atoms with van der Waals surface area (Å²) in [5.74, 6) is 0. The lowest BCUT2D eigenvalue weighted by Gasteiger charge is -2.08. The van der Waals surface area contributed by atoms with Crippen LogP contribution in [0.4, 0.5) is 11.4 Å². The Balaban J connectivity index is 0.000000408. The topological polar surface area (TPSA) is 92.5 Å². The number of benzene rings is 2. The Morgan fingerprint density at radius 2 is 1.15 bits per heavy atom. The second-order valence-electron chi connectivity index (χ2n) is 5.52. The Kier molecular flexibility index (Phi) is 13.5. The van der Waals surface area contributed by atoms with Gasteiger partial charge in [-0.2, -0.15) is 0 Å². The van der Waals surface area contributed by atoms with E-state index >= 15 is 0 Å². The van der Waals surface area contributed by atoms with Gasteiger partial charge in [0.25, 0.3) is 0 Å². The molecule has 0 unspecified atom stereocenters. The molecule has 0 saturated carbocycles. The predicted octanol–water partition coefficient (Wildman–Crippen LogP) is 5.97. The second kappa shape index (κ2) is 13.7. The Morgan fingerprint density at radius 1 is 0.815 bits per heavy atom. The average molecular weight is 543 g/mol. The van der Waals surface area contributed by atoms with Gasteiger partial charge in [-0.1, -0.05) is 44.0 Å². The number of aryl methyl sites for hydroxylation is 2. The highest BCUT2D eigenvalue weighted by Crippen LogP contribution is 2.31. The fourth-order valence-electron chi connectivity index (χ4n) is 1.87. The summed E-state index contributed by atoms with van der Waals surface area (Å²) < 4.78 is 1.62. The van der Waals surface area contributed by atoms with E-state index in [1.54, 1.807) is 19.1 Å². The molecule has 0 amide bonds. The van der Waals surface area contributed by atoms with Crippen molar-refractivity contribution in [3.8, 4) is 0 Å². The van der Waals surface area contributed by atoms with E-state index in [0.29, 0.717) is 17.0 Å². The molecule has 0 aromatic heterocycles. The molecule has 0 heterocycles. The molecule has 9 heteroatoms. The third kappa shape index (κ3) is 10.1. The quantitative estimate of drug-likeness (QED) is 0.284. The molecule has 0 bridgehead atoms. The smallest absolute Gasteiger partial charge is 0.427 e. The highest BCUT2D eigenvalue weighted by molar-refractivity contribution is 9.11. The maximum atomic E-state index is 7.92. The van der Waals surface area contributed by atoms with Crippen LogP contribution in [-0.4, -0.2) is 17.2 Å². The van der Waals surface area contributed by atoms with E-state index in [-0.39, 0.29) is 0 Å². The molecule has 0 atom stereocenters. The number of anilines is 2. The molecule has 4 nitrogen and oxygen atoms in total. The largest absolute Gasteiger partial charge is 0.451 e. The molecular weight excluding hydrogens is 518 g/mol. The molecule has 0 aliphatic heterocycles. The van der Waals surface area contributed by atoms with Crippen LogP contribution in [0.1, 0.15) is 31.9 Å². The molecule has 2 aromatic rings. The van der Waals surface area contributed by atoms with Gasteiger partial charge in [0.05, 0.1) is 5.69 Å². The zero-order chi connectivity index (χ0) is 21.1. The Labute approximate surface area is 188 Å². The lowest BCUT2D eigenvalue weighted by molar-refractivity contribution is 0.408. The van der Waals surface area contributed by atoms with E-state index in [2.05, 4.69) is 45.7 Å². The lowest BCUT2D eigenvalue weighted by atomic mass is 9.88. The molecule has 6 N–H and O–H groups in total. The Bertz CT molecular complexity index is 686. The minimum Gasteiger partial charge on any atom is -0.427 e. The van der Waals surface area contributed by atoms with Crippen LogP contribution in [0.5, 0.6) is 0 Å². The van der Waals surface area contributed by atoms with Crippen molar-refractivity contribution in [3.63, 3.8) is 0 Å². The van der Waals surface area contributed by atoms with Crippen LogP contribution in [0.15, 0.2) is 33.2 Å². The fourth-order valence-corrected chi connectivity index (χ4v) is 3.81. The van der Waals surface area contributed by atoms with Crippen molar-refractivity contribution in [2.24, 2.45) is 0 Å². The van der Waals surface area contributed by atoms with Gasteiger partial charge < -0.3 is 21.5 Å². The first-order valence-corrected chi connectivity index (χ1v) is 10.7. The van der Waals surface area contributed by atoms with E-state index in [0.717, 1.165) is 43.6 Å². The van der Waals surface area contributed by atoms with E-state index in [9.17, 15) is 0 Å². The Morgan fingerprint density at radius 3 is 1.44 bits per heavy atom. The van der Waals surface area contributed by atoms with Crippen LogP contribution in [0.3, 0.4) is 0 Å². The minimum atomic E-state index is -1.12. The van der Waals surface area contributed by atoms with Gasteiger partial charge in [0, 0.05) is 24.7 Å². The zero-order valence-electron chi connectivity index (χ0n) is 15.6. The first kappa shape index (κ1) is 26.6. The van der Waals surface area contributed by atoms with Crippen LogP contribution in [0, 0.1) is 0 Å². The molecule has 0 aliphatic carbocycles. The first-order valence-electron chi connectivity index (χ1n) is 8.40. The van der Waals surface area contributed by atoms with Gasteiger partial charge in [-0.3, -0.25) is 0 Å². The van der Waals surface area contributed by atoms with Crippen molar-refractivity contribution in [2.75, 3.05) is 11.5 Å². The van der Waals surface area contributed by atoms with Gasteiger partial charge >= 0.3 is 7.12 Å². The summed E-state index contributed by atoms with van der Waals surface area (Å²) in [6.45, 7) is 5.87. The molecular formula is C18H25BBr2Cl2N2O2. The number of hydrogen-bond acceptors (Lipinski definition) is 4. The summed E-state index contributed by atoms with van der Waals surface area (Å²) in [4.78, 5) is 0. The van der Waals surface area contributed by atoms with Crippen molar-refractivity contribution < 1.29 is 10.0 Å². The van der Waals surface area contributed by atoms with Gasteiger partial charge in [0.15, 0.2) is 0 Å². The summed E-state index contributed by atoms with van der Waals surface area (Å²) in [5, 5.41) is 17.3. The Hall–Kier alpha value is -0.435. The second-order valence-corrected chi connectivity index (χ2v) is 8.10. The maximum Gasteiger partial charge on any atom is 0.451 e. The highest BCUT2D eigenvalue weighted by Gasteiger charge is 2.04. The van der Waals surface area contributed by atoms with E-state index in [4.69, 9.17) is 44.7 Å². The van der Waals surface area contributed by atoms with Crippen molar-refractivity contribution >= 4 is 73.6 Å². The third-order valence-corrected chi connectivity index (χ3v) is 5.24. The standard InChI is InChI=1S/C10H14ClN.C6H4Br2ClN.C2H7BO2/c1-3-7-5-9(11)6-8(4-2)10(7)12;7-4-1-3(9)2-5(8)6(4)10;1-2-3(4)5/h5-6H,3-4,12H2,1-2H3;1-2H,10H2;4-5H,2H2,1H3. The van der Waals surface area contributed by atoms with E-state index in [1.165, 1.54) is 0 Å². The molecule has 0 radical (unpaired) electrons. The zero-order valence-corrected chi connectivity index (χ0v) is 20.3. The van der Waals surface area contributed by atoms with Crippen molar-refractivity contribution in [1.82, 2.24) is 0 Å². The van der Waals surface area contributed by atoms with E-state index in [1.807, 2.05) is 12.1 Å². The number of hydrogen-bond donors (Lipinski definition) is 4. The maximum absolute atomic E-state index is 7.92. The van der Waals surface area contributed by atoms with Gasteiger partial charge in [-0.05, 0) is 86.4 Å². The van der Waals surface area contributed by atoms with Crippen molar-refractivity contribution in [2.45, 2.75) is 39.9 Å².